The van der Waals surface area contributed by atoms with Crippen molar-refractivity contribution in [3.8, 4) is 11.5 Å². The molecule has 0 radical (unpaired) electrons. The van der Waals surface area contributed by atoms with Crippen LogP contribution in [0.25, 0.3) is 0 Å². The van der Waals surface area contributed by atoms with Crippen molar-refractivity contribution >= 4 is 29.0 Å². The maximum Gasteiger partial charge on any atom is 0.238 e. The molecule has 0 atom stereocenters. The summed E-state index contributed by atoms with van der Waals surface area (Å²) in [6, 6.07) is 6.17. The van der Waals surface area contributed by atoms with E-state index in [0.717, 1.165) is 24.6 Å². The topological polar surface area (TPSA) is 67.9 Å². The molecule has 1 N–H and O–H groups in total. The second kappa shape index (κ2) is 9.83. The third kappa shape index (κ3) is 5.19. The van der Waals surface area contributed by atoms with Crippen LogP contribution in [0.1, 0.15) is 29.6 Å². The van der Waals surface area contributed by atoms with Crippen molar-refractivity contribution in [1.29, 1.82) is 0 Å². The third-order valence-electron chi connectivity index (χ3n) is 5.63. The average Bonchev–Trinajstić information content (AvgIpc) is 3.00. The Labute approximate surface area is 189 Å². The summed E-state index contributed by atoms with van der Waals surface area (Å²) in [5.41, 5.74) is 0.220. The van der Waals surface area contributed by atoms with Crippen molar-refractivity contribution in [2.24, 2.45) is 5.92 Å². The van der Waals surface area contributed by atoms with E-state index in [4.69, 9.17) is 21.1 Å². The number of fused-ring (bicyclic) bond motifs is 1. The maximum atomic E-state index is 13.9. The lowest BCUT2D eigenvalue weighted by Gasteiger charge is -2.30. The van der Waals surface area contributed by atoms with E-state index in [9.17, 15) is 18.4 Å². The molecule has 2 aromatic rings. The van der Waals surface area contributed by atoms with Crippen LogP contribution in [0.5, 0.6) is 11.5 Å². The number of ether oxygens (including phenoxy) is 2. The number of anilines is 1. The van der Waals surface area contributed by atoms with Gasteiger partial charge in [-0.25, -0.2) is 8.78 Å². The molecule has 0 aliphatic carbocycles. The molecule has 1 fully saturated rings. The van der Waals surface area contributed by atoms with Crippen LogP contribution >= 0.6 is 11.6 Å². The molecule has 1 saturated heterocycles. The summed E-state index contributed by atoms with van der Waals surface area (Å²) < 4.78 is 38.5. The lowest BCUT2D eigenvalue weighted by molar-refractivity contribution is -0.117. The SMILES string of the molecule is O=C(CN1CCC(C(=O)c2cc(F)ccc2F)CC1)Nc1cc2c(cc1Cl)OCCCO2. The lowest BCUT2D eigenvalue weighted by Crippen LogP contribution is -2.40. The fourth-order valence-corrected chi connectivity index (χ4v) is 4.13. The highest BCUT2D eigenvalue weighted by Gasteiger charge is 2.28. The van der Waals surface area contributed by atoms with Crippen LogP contribution < -0.4 is 14.8 Å². The molecule has 2 aliphatic rings. The van der Waals surface area contributed by atoms with Gasteiger partial charge in [0, 0.05) is 24.5 Å². The van der Waals surface area contributed by atoms with Crippen molar-refractivity contribution in [3.05, 3.63) is 52.6 Å². The molecule has 0 bridgehead atoms. The van der Waals surface area contributed by atoms with Gasteiger partial charge in [0.1, 0.15) is 11.6 Å². The molecule has 0 unspecified atom stereocenters. The van der Waals surface area contributed by atoms with Gasteiger partial charge in [-0.15, -0.1) is 0 Å². The average molecular weight is 465 g/mol. The van der Waals surface area contributed by atoms with Crippen LogP contribution in [0.3, 0.4) is 0 Å². The second-order valence-corrected chi connectivity index (χ2v) is 8.32. The monoisotopic (exact) mass is 464 g/mol. The minimum Gasteiger partial charge on any atom is -0.490 e. The number of nitrogens with one attached hydrogen (secondary N) is 1. The predicted molar refractivity (Wildman–Crippen MR) is 116 cm³/mol. The largest absolute Gasteiger partial charge is 0.490 e. The van der Waals surface area contributed by atoms with Crippen LogP contribution in [0, 0.1) is 17.6 Å². The van der Waals surface area contributed by atoms with Gasteiger partial charge < -0.3 is 14.8 Å². The lowest BCUT2D eigenvalue weighted by atomic mass is 9.88. The van der Waals surface area contributed by atoms with Gasteiger partial charge in [0.15, 0.2) is 17.3 Å². The number of halogens is 3. The minimum absolute atomic E-state index is 0.125. The summed E-state index contributed by atoms with van der Waals surface area (Å²) in [5, 5.41) is 3.15. The van der Waals surface area contributed by atoms with E-state index in [1.54, 1.807) is 12.1 Å². The summed E-state index contributed by atoms with van der Waals surface area (Å²) in [6.07, 6.45) is 1.69. The van der Waals surface area contributed by atoms with Crippen molar-refractivity contribution in [2.75, 3.05) is 38.2 Å². The van der Waals surface area contributed by atoms with E-state index in [-0.39, 0.29) is 18.0 Å². The van der Waals surface area contributed by atoms with E-state index in [1.165, 1.54) is 0 Å². The van der Waals surface area contributed by atoms with Gasteiger partial charge >= 0.3 is 0 Å². The summed E-state index contributed by atoms with van der Waals surface area (Å²) >= 11 is 6.28. The summed E-state index contributed by atoms with van der Waals surface area (Å²) in [5.74, 6) is -1.32. The Morgan fingerprint density at radius 1 is 1.06 bits per heavy atom. The number of benzene rings is 2. The first-order valence-corrected chi connectivity index (χ1v) is 10.9. The van der Waals surface area contributed by atoms with Crippen molar-refractivity contribution in [1.82, 2.24) is 4.90 Å². The Kier molecular flexibility index (Phi) is 6.91. The van der Waals surface area contributed by atoms with E-state index in [0.29, 0.717) is 61.4 Å². The Bertz CT molecular complexity index is 1030. The normalized spacial score (nSPS) is 17.0. The van der Waals surface area contributed by atoms with Crippen LogP contribution in [0.4, 0.5) is 14.5 Å². The Morgan fingerprint density at radius 2 is 1.75 bits per heavy atom. The number of ketones is 1. The molecule has 2 aliphatic heterocycles. The smallest absolute Gasteiger partial charge is 0.238 e. The Hall–Kier alpha value is -2.71. The second-order valence-electron chi connectivity index (χ2n) is 7.92. The van der Waals surface area contributed by atoms with Gasteiger partial charge in [0.05, 0.1) is 36.0 Å². The molecule has 1 amide bonds. The van der Waals surface area contributed by atoms with Crippen LogP contribution in [0.15, 0.2) is 30.3 Å². The minimum atomic E-state index is -0.717. The quantitative estimate of drug-likeness (QED) is 0.668. The number of amides is 1. The number of hydrogen-bond donors (Lipinski definition) is 1. The molecular weight excluding hydrogens is 442 g/mol. The molecule has 2 heterocycles. The van der Waals surface area contributed by atoms with Crippen LogP contribution in [-0.2, 0) is 4.79 Å². The van der Waals surface area contributed by atoms with Gasteiger partial charge in [-0.1, -0.05) is 11.6 Å². The molecule has 2 aromatic carbocycles. The molecule has 0 spiro atoms. The number of likely N-dealkylation sites (tertiary alicyclic amines) is 1. The highest BCUT2D eigenvalue weighted by atomic mass is 35.5. The summed E-state index contributed by atoms with van der Waals surface area (Å²) in [7, 11) is 0. The summed E-state index contributed by atoms with van der Waals surface area (Å²) in [6.45, 7) is 2.18. The van der Waals surface area contributed by atoms with E-state index in [2.05, 4.69) is 5.32 Å². The fraction of sp³-hybridized carbons (Fsp3) is 0.391. The molecule has 32 heavy (non-hydrogen) atoms. The first kappa shape index (κ1) is 22.5. The van der Waals surface area contributed by atoms with Gasteiger partial charge in [0.2, 0.25) is 5.91 Å². The Morgan fingerprint density at radius 3 is 2.47 bits per heavy atom. The Balaban J connectivity index is 1.32. The molecular formula is C23H23ClF2N2O4. The number of hydrogen-bond acceptors (Lipinski definition) is 5. The fourth-order valence-electron chi connectivity index (χ4n) is 3.93. The third-order valence-corrected chi connectivity index (χ3v) is 5.94. The molecule has 4 rings (SSSR count). The predicted octanol–water partition coefficient (Wildman–Crippen LogP) is 4.31. The standard InChI is InChI=1S/C23H23ClF2N2O4/c24-17-11-20-21(32-9-1-8-31-20)12-19(17)27-22(29)13-28-6-4-14(5-7-28)23(30)16-10-15(25)2-3-18(16)26/h2-3,10-12,14H,1,4-9,13H2,(H,27,29). The molecule has 170 valence electrons. The molecule has 0 saturated carbocycles. The molecule has 0 aromatic heterocycles. The number of Topliss-reactive ketones (excluding diaryl/α,β-unsaturated/α-hetero) is 1. The zero-order valence-electron chi connectivity index (χ0n) is 17.3. The van der Waals surface area contributed by atoms with Crippen molar-refractivity contribution < 1.29 is 27.8 Å². The molecule has 6 nitrogen and oxygen atoms in total. The zero-order chi connectivity index (χ0) is 22.7. The van der Waals surface area contributed by atoms with Gasteiger partial charge in [-0.05, 0) is 44.1 Å². The van der Waals surface area contributed by atoms with Gasteiger partial charge in [-0.2, -0.15) is 0 Å². The van der Waals surface area contributed by atoms with Crippen LogP contribution in [-0.4, -0.2) is 49.4 Å². The van der Waals surface area contributed by atoms with Gasteiger partial charge in [0.25, 0.3) is 0 Å². The maximum absolute atomic E-state index is 13.9. The first-order chi connectivity index (χ1) is 15.4. The number of piperidine rings is 1. The number of carbonyl (C=O) groups excluding carboxylic acids is 2. The van der Waals surface area contributed by atoms with E-state index in [1.807, 2.05) is 4.90 Å². The van der Waals surface area contributed by atoms with Crippen molar-refractivity contribution in [3.63, 3.8) is 0 Å². The van der Waals surface area contributed by atoms with E-state index >= 15 is 0 Å². The van der Waals surface area contributed by atoms with Crippen LogP contribution in [0.2, 0.25) is 5.02 Å². The number of rotatable bonds is 5. The highest BCUT2D eigenvalue weighted by molar-refractivity contribution is 6.34. The number of nitrogens with zero attached hydrogens (tertiary/aromatic N) is 1. The number of carbonyl (C=O) groups is 2. The van der Waals surface area contributed by atoms with E-state index < -0.39 is 23.3 Å². The van der Waals surface area contributed by atoms with Gasteiger partial charge in [-0.3, -0.25) is 14.5 Å². The first-order valence-electron chi connectivity index (χ1n) is 10.5. The van der Waals surface area contributed by atoms with Crippen molar-refractivity contribution in [2.45, 2.75) is 19.3 Å². The zero-order valence-corrected chi connectivity index (χ0v) is 18.1. The molecule has 9 heteroatoms. The summed E-state index contributed by atoms with van der Waals surface area (Å²) in [4.78, 5) is 27.0. The highest BCUT2D eigenvalue weighted by Crippen LogP contribution is 2.37.